The molecule has 1 aromatic rings. The van der Waals surface area contributed by atoms with Crippen molar-refractivity contribution in [2.45, 2.75) is 51.2 Å². The van der Waals surface area contributed by atoms with Crippen LogP contribution in [0.2, 0.25) is 0 Å². The molecule has 1 aliphatic carbocycles. The summed E-state index contributed by atoms with van der Waals surface area (Å²) in [6.07, 6.45) is 4.75. The molecule has 1 saturated carbocycles. The van der Waals surface area contributed by atoms with Gasteiger partial charge in [0.2, 0.25) is 0 Å². The molecule has 0 aliphatic heterocycles. The first-order valence-corrected chi connectivity index (χ1v) is 8.14. The third-order valence-electron chi connectivity index (χ3n) is 4.33. The first kappa shape index (κ1) is 15.9. The van der Waals surface area contributed by atoms with Gasteiger partial charge in [-0.3, -0.25) is 0 Å². The summed E-state index contributed by atoms with van der Waals surface area (Å²) in [5, 5.41) is 4.94. The molecule has 1 heterocycles. The maximum absolute atomic E-state index is 5.51. The summed E-state index contributed by atoms with van der Waals surface area (Å²) in [6, 6.07) is 0. The van der Waals surface area contributed by atoms with Gasteiger partial charge in [-0.2, -0.15) is 0 Å². The summed E-state index contributed by atoms with van der Waals surface area (Å²) in [4.78, 5) is 6.13. The van der Waals surface area contributed by atoms with Crippen LogP contribution < -0.4 is 5.32 Å². The molecule has 20 heavy (non-hydrogen) atoms. The van der Waals surface area contributed by atoms with Crippen molar-refractivity contribution in [1.82, 2.24) is 10.3 Å². The fraction of sp³-hybridized carbons (Fsp3) is 0.800. The molecule has 0 radical (unpaired) electrons. The van der Waals surface area contributed by atoms with E-state index in [9.17, 15) is 0 Å². The number of methoxy groups -OCH3 is 2. The lowest BCUT2D eigenvalue weighted by atomic mass is 9.80. The van der Waals surface area contributed by atoms with Crippen molar-refractivity contribution in [2.75, 3.05) is 27.4 Å². The third-order valence-corrected chi connectivity index (χ3v) is 5.60. The van der Waals surface area contributed by atoms with Gasteiger partial charge in [0, 0.05) is 25.6 Å². The van der Waals surface area contributed by atoms with Crippen LogP contribution in [-0.4, -0.2) is 38.5 Å². The van der Waals surface area contributed by atoms with E-state index in [1.807, 2.05) is 18.4 Å². The summed E-state index contributed by atoms with van der Waals surface area (Å²) >= 11 is 1.83. The van der Waals surface area contributed by atoms with E-state index in [4.69, 9.17) is 14.5 Å². The molecule has 4 nitrogen and oxygen atoms in total. The van der Waals surface area contributed by atoms with Crippen LogP contribution in [0.25, 0.3) is 0 Å². The van der Waals surface area contributed by atoms with Crippen LogP contribution in [0.3, 0.4) is 0 Å². The van der Waals surface area contributed by atoms with Crippen LogP contribution in [0.15, 0.2) is 0 Å². The molecule has 0 unspecified atom stereocenters. The Morgan fingerprint density at radius 2 is 2.00 bits per heavy atom. The van der Waals surface area contributed by atoms with Gasteiger partial charge in [0.05, 0.1) is 23.9 Å². The van der Waals surface area contributed by atoms with Crippen molar-refractivity contribution in [2.24, 2.45) is 0 Å². The maximum atomic E-state index is 5.51. The molecule has 0 spiro atoms. The summed E-state index contributed by atoms with van der Waals surface area (Å²) in [5.74, 6) is 0. The number of nitrogens with one attached hydrogen (secondary N) is 1. The van der Waals surface area contributed by atoms with E-state index in [2.05, 4.69) is 19.2 Å². The van der Waals surface area contributed by atoms with E-state index >= 15 is 0 Å². The fourth-order valence-electron chi connectivity index (χ4n) is 2.86. The number of thiazole rings is 1. The summed E-state index contributed by atoms with van der Waals surface area (Å²) in [6.45, 7) is 5.85. The largest absolute Gasteiger partial charge is 0.383 e. The maximum Gasteiger partial charge on any atom is 0.113 e. The molecule has 0 atom stereocenters. The first-order valence-electron chi connectivity index (χ1n) is 7.32. The number of aryl methyl sites for hydroxylation is 2. The number of ether oxygens (including phenoxy) is 2. The molecule has 1 aliphatic rings. The van der Waals surface area contributed by atoms with Crippen LogP contribution in [0.4, 0.5) is 0 Å². The second-order valence-corrected chi connectivity index (χ2v) is 6.80. The average Bonchev–Trinajstić information content (AvgIpc) is 2.80. The lowest BCUT2D eigenvalue weighted by molar-refractivity contribution is 0.0383. The van der Waals surface area contributed by atoms with Gasteiger partial charge in [0.1, 0.15) is 5.01 Å². The number of hydrogen-bond acceptors (Lipinski definition) is 5. The Morgan fingerprint density at radius 3 is 2.50 bits per heavy atom. The Hall–Kier alpha value is -0.490. The van der Waals surface area contributed by atoms with E-state index in [-0.39, 0.29) is 5.54 Å². The quantitative estimate of drug-likeness (QED) is 0.820. The Kier molecular flexibility index (Phi) is 5.55. The normalized spacial score (nSPS) is 26.9. The molecular formula is C15H26N2O2S. The van der Waals surface area contributed by atoms with Gasteiger partial charge in [0.15, 0.2) is 0 Å². The topological polar surface area (TPSA) is 43.4 Å². The molecule has 0 bridgehead atoms. The zero-order valence-electron chi connectivity index (χ0n) is 13.0. The minimum absolute atomic E-state index is 0.0112. The highest BCUT2D eigenvalue weighted by Gasteiger charge is 2.39. The highest BCUT2D eigenvalue weighted by Crippen LogP contribution is 2.40. The SMILES string of the molecule is COCCNC1(c2nc(C)c(C)s2)CCC(OC)CC1. The van der Waals surface area contributed by atoms with Crippen molar-refractivity contribution < 1.29 is 9.47 Å². The summed E-state index contributed by atoms with van der Waals surface area (Å²) in [5.41, 5.74) is 1.17. The van der Waals surface area contributed by atoms with Gasteiger partial charge in [-0.25, -0.2) is 4.98 Å². The van der Waals surface area contributed by atoms with Gasteiger partial charge in [0.25, 0.3) is 0 Å². The number of hydrogen-bond donors (Lipinski definition) is 1. The Balaban J connectivity index is 2.16. The van der Waals surface area contributed by atoms with Crippen LogP contribution in [0.5, 0.6) is 0 Å². The Morgan fingerprint density at radius 1 is 1.30 bits per heavy atom. The second kappa shape index (κ2) is 6.98. The number of rotatable bonds is 6. The molecule has 5 heteroatoms. The van der Waals surface area contributed by atoms with E-state index in [1.165, 1.54) is 9.88 Å². The lowest BCUT2D eigenvalue weighted by Crippen LogP contribution is -2.47. The van der Waals surface area contributed by atoms with Crippen LogP contribution in [-0.2, 0) is 15.0 Å². The molecular weight excluding hydrogens is 272 g/mol. The second-order valence-electron chi connectivity index (χ2n) is 5.60. The monoisotopic (exact) mass is 298 g/mol. The Labute approximate surface area is 125 Å². The van der Waals surface area contributed by atoms with Crippen molar-refractivity contribution in [3.63, 3.8) is 0 Å². The van der Waals surface area contributed by atoms with Crippen molar-refractivity contribution in [3.05, 3.63) is 15.6 Å². The fourth-order valence-corrected chi connectivity index (χ4v) is 3.99. The van der Waals surface area contributed by atoms with Crippen LogP contribution in [0.1, 0.15) is 41.3 Å². The molecule has 0 aromatic carbocycles. The van der Waals surface area contributed by atoms with E-state index < -0.39 is 0 Å². The molecule has 1 aromatic heterocycles. The highest BCUT2D eigenvalue weighted by molar-refractivity contribution is 7.11. The van der Waals surface area contributed by atoms with E-state index in [0.29, 0.717) is 6.10 Å². The molecule has 0 amide bonds. The minimum Gasteiger partial charge on any atom is -0.383 e. The number of nitrogens with zero attached hydrogens (tertiary/aromatic N) is 1. The van der Waals surface area contributed by atoms with Gasteiger partial charge < -0.3 is 14.8 Å². The van der Waals surface area contributed by atoms with Gasteiger partial charge in [-0.15, -0.1) is 11.3 Å². The zero-order chi connectivity index (χ0) is 14.6. The first-order chi connectivity index (χ1) is 9.61. The minimum atomic E-state index is 0.0112. The standard InChI is InChI=1S/C15H26N2O2S/c1-11-12(2)20-14(17-11)15(16-9-10-18-3)7-5-13(19-4)6-8-15/h13,16H,5-10H2,1-4H3. The molecule has 0 saturated heterocycles. The lowest BCUT2D eigenvalue weighted by Gasteiger charge is -2.39. The van der Waals surface area contributed by atoms with E-state index in [0.717, 1.165) is 44.5 Å². The molecule has 2 rings (SSSR count). The predicted molar refractivity (Wildman–Crippen MR) is 82.4 cm³/mol. The average molecular weight is 298 g/mol. The van der Waals surface area contributed by atoms with Crippen molar-refractivity contribution in [3.8, 4) is 0 Å². The predicted octanol–water partition coefficient (Wildman–Crippen LogP) is 2.78. The third kappa shape index (κ3) is 3.39. The van der Waals surface area contributed by atoms with E-state index in [1.54, 1.807) is 7.11 Å². The van der Waals surface area contributed by atoms with Gasteiger partial charge >= 0.3 is 0 Å². The molecule has 1 fully saturated rings. The summed E-state index contributed by atoms with van der Waals surface area (Å²) in [7, 11) is 3.56. The Bertz CT molecular complexity index is 400. The summed E-state index contributed by atoms with van der Waals surface area (Å²) < 4.78 is 10.7. The molecule has 1 N–H and O–H groups in total. The van der Waals surface area contributed by atoms with Gasteiger partial charge in [-0.1, -0.05) is 0 Å². The van der Waals surface area contributed by atoms with Crippen molar-refractivity contribution >= 4 is 11.3 Å². The number of aromatic nitrogens is 1. The zero-order valence-corrected chi connectivity index (χ0v) is 13.8. The van der Waals surface area contributed by atoms with Crippen molar-refractivity contribution in [1.29, 1.82) is 0 Å². The van der Waals surface area contributed by atoms with Crippen LogP contribution >= 0.6 is 11.3 Å². The smallest absolute Gasteiger partial charge is 0.113 e. The van der Waals surface area contributed by atoms with Gasteiger partial charge in [-0.05, 0) is 39.5 Å². The van der Waals surface area contributed by atoms with Crippen LogP contribution in [0, 0.1) is 13.8 Å². The highest BCUT2D eigenvalue weighted by atomic mass is 32.1. The molecule has 114 valence electrons.